The molecule has 78 valence electrons. The number of methoxy groups -OCH3 is 1. The van der Waals surface area contributed by atoms with Crippen molar-refractivity contribution in [1.82, 2.24) is 0 Å². The number of rotatable bonds is 4. The van der Waals surface area contributed by atoms with Crippen molar-refractivity contribution in [1.29, 1.82) is 0 Å². The molecule has 0 amide bonds. The van der Waals surface area contributed by atoms with Gasteiger partial charge >= 0.3 is 0 Å². The summed E-state index contributed by atoms with van der Waals surface area (Å²) in [4.78, 5) is 0. The predicted molar refractivity (Wildman–Crippen MR) is 64.6 cm³/mol. The molecular weight excluding hydrogens is 194 g/mol. The van der Waals surface area contributed by atoms with Crippen molar-refractivity contribution in [2.75, 3.05) is 18.3 Å². The van der Waals surface area contributed by atoms with Gasteiger partial charge < -0.3 is 10.1 Å². The third kappa shape index (κ3) is 2.58. The van der Waals surface area contributed by atoms with Crippen LogP contribution in [0, 0.1) is 0 Å². The van der Waals surface area contributed by atoms with E-state index in [1.54, 1.807) is 7.11 Å². The van der Waals surface area contributed by atoms with Gasteiger partial charge in [0.05, 0.1) is 18.7 Å². The van der Waals surface area contributed by atoms with Crippen LogP contribution in [-0.4, -0.2) is 13.0 Å². The van der Waals surface area contributed by atoms with Crippen LogP contribution in [0.4, 0.5) is 5.69 Å². The molecule has 1 aromatic rings. The van der Waals surface area contributed by atoms with Crippen LogP contribution in [-0.2, 0) is 0 Å². The van der Waals surface area contributed by atoms with Crippen molar-refractivity contribution < 1.29 is 4.74 Å². The third-order valence-corrected chi connectivity index (χ3v) is 2.32. The lowest BCUT2D eigenvalue weighted by Gasteiger charge is -2.13. The number of hydrogen-bond acceptors (Lipinski definition) is 3. The summed E-state index contributed by atoms with van der Waals surface area (Å²) in [7, 11) is 1.67. The van der Waals surface area contributed by atoms with Gasteiger partial charge in [-0.1, -0.05) is 19.9 Å². The number of hydrogen-bond donors (Lipinski definition) is 2. The molecule has 0 aliphatic rings. The van der Waals surface area contributed by atoms with Gasteiger partial charge in [0.25, 0.3) is 0 Å². The Morgan fingerprint density at radius 2 is 2.14 bits per heavy atom. The highest BCUT2D eigenvalue weighted by atomic mass is 32.1. The van der Waals surface area contributed by atoms with Gasteiger partial charge in [-0.3, -0.25) is 0 Å². The van der Waals surface area contributed by atoms with Gasteiger partial charge in [-0.05, 0) is 23.6 Å². The van der Waals surface area contributed by atoms with Crippen LogP contribution in [0.15, 0.2) is 18.2 Å². The predicted octanol–water partition coefficient (Wildman–Crippen LogP) is 3.12. The van der Waals surface area contributed by atoms with Crippen LogP contribution in [0.25, 0.3) is 0 Å². The highest BCUT2D eigenvalue weighted by Gasteiger charge is 2.05. The second-order valence-electron chi connectivity index (χ2n) is 3.45. The summed E-state index contributed by atoms with van der Waals surface area (Å²) < 4.78 is 5.24. The standard InChI is InChI=1S/C11H17NOS/c1-8(2)9-4-5-11(13-3)10(6-9)12-7-14/h4-6,8,12,14H,7H2,1-3H3. The molecule has 0 saturated heterocycles. The van der Waals surface area contributed by atoms with Crippen molar-refractivity contribution >= 4 is 18.3 Å². The van der Waals surface area contributed by atoms with E-state index in [1.165, 1.54) is 5.56 Å². The first-order valence-electron chi connectivity index (χ1n) is 4.71. The lowest BCUT2D eigenvalue weighted by Crippen LogP contribution is -1.99. The molecule has 0 spiro atoms. The normalized spacial score (nSPS) is 10.4. The van der Waals surface area contributed by atoms with Gasteiger partial charge in [0.1, 0.15) is 5.75 Å². The van der Waals surface area contributed by atoms with E-state index in [1.807, 2.05) is 6.07 Å². The number of benzene rings is 1. The summed E-state index contributed by atoms with van der Waals surface area (Å²) in [5.41, 5.74) is 2.31. The van der Waals surface area contributed by atoms with E-state index in [-0.39, 0.29) is 0 Å². The fourth-order valence-corrected chi connectivity index (χ4v) is 1.48. The smallest absolute Gasteiger partial charge is 0.141 e. The number of ether oxygens (including phenoxy) is 1. The minimum Gasteiger partial charge on any atom is -0.495 e. The Kier molecular flexibility index (Phi) is 4.14. The second kappa shape index (κ2) is 5.15. The van der Waals surface area contributed by atoms with Gasteiger partial charge in [-0.15, -0.1) is 0 Å². The maximum Gasteiger partial charge on any atom is 0.141 e. The van der Waals surface area contributed by atoms with Crippen LogP contribution in [0.2, 0.25) is 0 Å². The van der Waals surface area contributed by atoms with Crippen LogP contribution in [0.1, 0.15) is 25.3 Å². The van der Waals surface area contributed by atoms with E-state index in [0.29, 0.717) is 11.8 Å². The average Bonchev–Trinajstić information content (AvgIpc) is 2.18. The Bertz CT molecular complexity index is 299. The number of nitrogens with one attached hydrogen (secondary N) is 1. The molecule has 0 unspecified atom stereocenters. The molecule has 0 fully saturated rings. The Balaban J connectivity index is 3.01. The molecule has 0 saturated carbocycles. The summed E-state index contributed by atoms with van der Waals surface area (Å²) in [5.74, 6) is 2.00. The number of anilines is 1. The molecule has 1 rings (SSSR count). The van der Waals surface area contributed by atoms with Gasteiger partial charge in [-0.25, -0.2) is 0 Å². The third-order valence-electron chi connectivity index (χ3n) is 2.16. The van der Waals surface area contributed by atoms with Gasteiger partial charge in [0, 0.05) is 0 Å². The van der Waals surface area contributed by atoms with Crippen LogP contribution in [0.3, 0.4) is 0 Å². The first kappa shape index (κ1) is 11.2. The molecule has 0 aliphatic heterocycles. The molecule has 14 heavy (non-hydrogen) atoms. The maximum absolute atomic E-state index is 5.24. The summed E-state index contributed by atoms with van der Waals surface area (Å²) in [6.07, 6.45) is 0. The Labute approximate surface area is 91.1 Å². The van der Waals surface area contributed by atoms with Gasteiger partial charge in [-0.2, -0.15) is 12.6 Å². The molecule has 1 aromatic carbocycles. The highest BCUT2D eigenvalue weighted by Crippen LogP contribution is 2.28. The maximum atomic E-state index is 5.24. The van der Waals surface area contributed by atoms with Gasteiger partial charge in [0.15, 0.2) is 0 Å². The first-order chi connectivity index (χ1) is 6.69. The van der Waals surface area contributed by atoms with Crippen molar-refractivity contribution in [3.8, 4) is 5.75 Å². The molecule has 1 N–H and O–H groups in total. The van der Waals surface area contributed by atoms with E-state index in [9.17, 15) is 0 Å². The molecule has 3 heteroatoms. The summed E-state index contributed by atoms with van der Waals surface area (Å²) in [5, 5.41) is 3.16. The monoisotopic (exact) mass is 211 g/mol. The zero-order valence-electron chi connectivity index (χ0n) is 8.87. The highest BCUT2D eigenvalue weighted by molar-refractivity contribution is 7.80. The fraction of sp³-hybridized carbons (Fsp3) is 0.455. The van der Waals surface area contributed by atoms with Crippen molar-refractivity contribution in [2.45, 2.75) is 19.8 Å². The fourth-order valence-electron chi connectivity index (χ4n) is 1.31. The molecule has 0 atom stereocenters. The lowest BCUT2D eigenvalue weighted by atomic mass is 10.0. The topological polar surface area (TPSA) is 21.3 Å². The Morgan fingerprint density at radius 1 is 1.43 bits per heavy atom. The van der Waals surface area contributed by atoms with E-state index in [2.05, 4.69) is 43.9 Å². The quantitative estimate of drug-likeness (QED) is 0.590. The van der Waals surface area contributed by atoms with Crippen LogP contribution in [0.5, 0.6) is 5.75 Å². The Hall–Kier alpha value is -0.830. The van der Waals surface area contributed by atoms with Crippen molar-refractivity contribution in [2.24, 2.45) is 0 Å². The number of thiol groups is 1. The van der Waals surface area contributed by atoms with E-state index in [0.717, 1.165) is 11.4 Å². The van der Waals surface area contributed by atoms with Crippen LogP contribution >= 0.6 is 12.6 Å². The molecule has 2 nitrogen and oxygen atoms in total. The molecule has 0 bridgehead atoms. The average molecular weight is 211 g/mol. The SMILES string of the molecule is COc1ccc(C(C)C)cc1NCS. The summed E-state index contributed by atoms with van der Waals surface area (Å²) >= 11 is 4.14. The van der Waals surface area contributed by atoms with Crippen LogP contribution < -0.4 is 10.1 Å². The van der Waals surface area contributed by atoms with Gasteiger partial charge in [0.2, 0.25) is 0 Å². The van der Waals surface area contributed by atoms with E-state index in [4.69, 9.17) is 4.74 Å². The molecule has 0 aliphatic carbocycles. The largest absolute Gasteiger partial charge is 0.495 e. The minimum atomic E-state index is 0.529. The summed E-state index contributed by atoms with van der Waals surface area (Å²) in [6, 6.07) is 6.19. The molecular formula is C11H17NOS. The molecule has 0 heterocycles. The molecule has 0 radical (unpaired) electrons. The minimum absolute atomic E-state index is 0.529. The summed E-state index contributed by atoms with van der Waals surface area (Å²) in [6.45, 7) is 4.35. The lowest BCUT2D eigenvalue weighted by molar-refractivity contribution is 0.416. The van der Waals surface area contributed by atoms with E-state index >= 15 is 0 Å². The second-order valence-corrected chi connectivity index (χ2v) is 3.77. The van der Waals surface area contributed by atoms with Crippen molar-refractivity contribution in [3.63, 3.8) is 0 Å². The first-order valence-corrected chi connectivity index (χ1v) is 5.35. The van der Waals surface area contributed by atoms with E-state index < -0.39 is 0 Å². The molecule has 0 aromatic heterocycles. The Morgan fingerprint density at radius 3 is 2.64 bits per heavy atom. The zero-order valence-corrected chi connectivity index (χ0v) is 9.77. The zero-order chi connectivity index (χ0) is 10.6. The van der Waals surface area contributed by atoms with Crippen molar-refractivity contribution in [3.05, 3.63) is 23.8 Å².